The van der Waals surface area contributed by atoms with Gasteiger partial charge in [-0.1, -0.05) is 12.1 Å². The van der Waals surface area contributed by atoms with E-state index in [2.05, 4.69) is 11.0 Å². The van der Waals surface area contributed by atoms with Gasteiger partial charge < -0.3 is 21.1 Å². The first-order valence-corrected chi connectivity index (χ1v) is 6.53. The van der Waals surface area contributed by atoms with Crippen molar-refractivity contribution in [3.63, 3.8) is 0 Å². The van der Waals surface area contributed by atoms with E-state index in [4.69, 9.17) is 16.2 Å². The molecule has 0 aliphatic carbocycles. The number of methoxy groups -OCH3 is 1. The summed E-state index contributed by atoms with van der Waals surface area (Å²) in [5.41, 5.74) is 13.0. The van der Waals surface area contributed by atoms with E-state index in [1.54, 1.807) is 7.11 Å². The van der Waals surface area contributed by atoms with Crippen LogP contribution in [0.5, 0.6) is 5.75 Å². The Morgan fingerprint density at radius 2 is 1.78 bits per heavy atom. The van der Waals surface area contributed by atoms with Crippen molar-refractivity contribution < 1.29 is 4.74 Å². The molecule has 0 aromatic heterocycles. The van der Waals surface area contributed by atoms with Gasteiger partial charge in [0.25, 0.3) is 0 Å². The predicted octanol–water partition coefficient (Wildman–Crippen LogP) is 1.20. The highest BCUT2D eigenvalue weighted by Gasteiger charge is 2.32. The fraction of sp³-hybridized carbons (Fsp3) is 0.571. The van der Waals surface area contributed by atoms with Crippen LogP contribution in [0.4, 0.5) is 5.69 Å². The molecule has 1 aromatic rings. The monoisotopic (exact) mass is 249 g/mol. The average Bonchev–Trinajstić information content (AvgIpc) is 2.47. The number of piperidine rings is 1. The molecular formula is C14H23N3O. The van der Waals surface area contributed by atoms with Gasteiger partial charge in [-0.25, -0.2) is 0 Å². The van der Waals surface area contributed by atoms with Crippen LogP contribution in [0.25, 0.3) is 0 Å². The molecule has 0 atom stereocenters. The van der Waals surface area contributed by atoms with E-state index >= 15 is 0 Å². The summed E-state index contributed by atoms with van der Waals surface area (Å²) in [7, 11) is 1.72. The van der Waals surface area contributed by atoms with Crippen molar-refractivity contribution >= 4 is 5.69 Å². The van der Waals surface area contributed by atoms with Crippen LogP contribution in [-0.4, -0.2) is 33.3 Å². The highest BCUT2D eigenvalue weighted by molar-refractivity contribution is 5.58. The molecule has 18 heavy (non-hydrogen) atoms. The van der Waals surface area contributed by atoms with Crippen molar-refractivity contribution in [1.82, 2.24) is 0 Å². The molecule has 1 saturated heterocycles. The minimum absolute atomic E-state index is 0.137. The average molecular weight is 249 g/mol. The minimum atomic E-state index is 0.137. The lowest BCUT2D eigenvalue weighted by Gasteiger charge is -2.41. The number of hydrogen-bond donors (Lipinski definition) is 2. The van der Waals surface area contributed by atoms with Gasteiger partial charge in [0.1, 0.15) is 5.75 Å². The lowest BCUT2D eigenvalue weighted by molar-refractivity contribution is 0.237. The number of para-hydroxylation sites is 2. The second-order valence-electron chi connectivity index (χ2n) is 5.07. The smallest absolute Gasteiger partial charge is 0.142 e. The fourth-order valence-corrected chi connectivity index (χ4v) is 2.60. The third-order valence-electron chi connectivity index (χ3n) is 4.12. The van der Waals surface area contributed by atoms with Crippen LogP contribution in [0, 0.1) is 5.41 Å². The number of nitrogens with two attached hydrogens (primary N) is 2. The molecule has 100 valence electrons. The summed E-state index contributed by atoms with van der Waals surface area (Å²) < 4.78 is 5.41. The standard InChI is InChI=1S/C14H23N3O/c1-18-13-5-3-2-4-12(13)17-8-6-14(10-15,11-16)7-9-17/h2-5H,6-11,15-16H2,1H3. The van der Waals surface area contributed by atoms with Crippen molar-refractivity contribution in [3.05, 3.63) is 24.3 Å². The summed E-state index contributed by atoms with van der Waals surface area (Å²) in [5, 5.41) is 0. The van der Waals surface area contributed by atoms with Gasteiger partial charge in [-0.05, 0) is 43.5 Å². The first-order valence-electron chi connectivity index (χ1n) is 6.53. The Morgan fingerprint density at radius 1 is 1.17 bits per heavy atom. The molecule has 0 saturated carbocycles. The van der Waals surface area contributed by atoms with E-state index in [1.165, 1.54) is 5.69 Å². The topological polar surface area (TPSA) is 64.5 Å². The summed E-state index contributed by atoms with van der Waals surface area (Å²) >= 11 is 0. The van der Waals surface area contributed by atoms with E-state index in [0.717, 1.165) is 31.7 Å². The third kappa shape index (κ3) is 2.44. The van der Waals surface area contributed by atoms with Crippen LogP contribution in [0.15, 0.2) is 24.3 Å². The second kappa shape index (κ2) is 5.59. The van der Waals surface area contributed by atoms with Gasteiger partial charge in [-0.2, -0.15) is 0 Å². The third-order valence-corrected chi connectivity index (χ3v) is 4.12. The molecule has 1 aromatic carbocycles. The molecule has 0 amide bonds. The Kier molecular flexibility index (Phi) is 4.09. The largest absolute Gasteiger partial charge is 0.495 e. The second-order valence-corrected chi connectivity index (χ2v) is 5.07. The highest BCUT2D eigenvalue weighted by atomic mass is 16.5. The summed E-state index contributed by atoms with van der Waals surface area (Å²) in [6.07, 6.45) is 2.11. The Morgan fingerprint density at radius 3 is 2.33 bits per heavy atom. The van der Waals surface area contributed by atoms with Crippen molar-refractivity contribution in [2.45, 2.75) is 12.8 Å². The molecular weight excluding hydrogens is 226 g/mol. The molecule has 1 aliphatic rings. The van der Waals surface area contributed by atoms with Gasteiger partial charge in [0, 0.05) is 13.1 Å². The van der Waals surface area contributed by atoms with E-state index < -0.39 is 0 Å². The Bertz CT molecular complexity index is 380. The van der Waals surface area contributed by atoms with Crippen molar-refractivity contribution in [2.75, 3.05) is 38.2 Å². The summed E-state index contributed by atoms with van der Waals surface area (Å²) in [6, 6.07) is 8.15. The Hall–Kier alpha value is -1.26. The number of benzene rings is 1. The van der Waals surface area contributed by atoms with Crippen LogP contribution in [0.1, 0.15) is 12.8 Å². The number of ether oxygens (including phenoxy) is 1. The SMILES string of the molecule is COc1ccccc1N1CCC(CN)(CN)CC1. The first kappa shape index (κ1) is 13.2. The molecule has 4 N–H and O–H groups in total. The zero-order valence-corrected chi connectivity index (χ0v) is 11.1. The maximum atomic E-state index is 5.87. The van der Waals surface area contributed by atoms with E-state index in [1.807, 2.05) is 18.2 Å². The number of rotatable bonds is 4. The summed E-state index contributed by atoms with van der Waals surface area (Å²) in [5.74, 6) is 0.936. The molecule has 4 nitrogen and oxygen atoms in total. The maximum absolute atomic E-state index is 5.87. The first-order chi connectivity index (χ1) is 8.74. The molecule has 0 radical (unpaired) electrons. The molecule has 1 fully saturated rings. The Labute approximate surface area is 109 Å². The van der Waals surface area contributed by atoms with Gasteiger partial charge >= 0.3 is 0 Å². The van der Waals surface area contributed by atoms with Crippen LogP contribution >= 0.6 is 0 Å². The van der Waals surface area contributed by atoms with Gasteiger partial charge in [0.05, 0.1) is 12.8 Å². The summed E-state index contributed by atoms with van der Waals surface area (Å²) in [6.45, 7) is 3.36. The van der Waals surface area contributed by atoms with Crippen molar-refractivity contribution in [3.8, 4) is 5.75 Å². The van der Waals surface area contributed by atoms with Crippen LogP contribution < -0.4 is 21.1 Å². The fourth-order valence-electron chi connectivity index (χ4n) is 2.60. The summed E-state index contributed by atoms with van der Waals surface area (Å²) in [4.78, 5) is 2.36. The van der Waals surface area contributed by atoms with Gasteiger partial charge in [-0.3, -0.25) is 0 Å². The predicted molar refractivity (Wildman–Crippen MR) is 75.0 cm³/mol. The normalized spacial score (nSPS) is 18.7. The molecule has 1 heterocycles. The molecule has 0 unspecified atom stereocenters. The molecule has 1 aliphatic heterocycles. The van der Waals surface area contributed by atoms with Crippen LogP contribution in [-0.2, 0) is 0 Å². The van der Waals surface area contributed by atoms with E-state index in [-0.39, 0.29) is 5.41 Å². The number of anilines is 1. The highest BCUT2D eigenvalue weighted by Crippen LogP contribution is 2.35. The zero-order chi connectivity index (χ0) is 13.0. The van der Waals surface area contributed by atoms with Crippen molar-refractivity contribution in [1.29, 1.82) is 0 Å². The van der Waals surface area contributed by atoms with Crippen LogP contribution in [0.2, 0.25) is 0 Å². The van der Waals surface area contributed by atoms with Gasteiger partial charge in [-0.15, -0.1) is 0 Å². The molecule has 0 bridgehead atoms. The molecule has 4 heteroatoms. The quantitative estimate of drug-likeness (QED) is 0.841. The van der Waals surface area contributed by atoms with E-state index in [9.17, 15) is 0 Å². The number of hydrogen-bond acceptors (Lipinski definition) is 4. The van der Waals surface area contributed by atoms with Gasteiger partial charge in [0.15, 0.2) is 0 Å². The molecule has 2 rings (SSSR count). The zero-order valence-electron chi connectivity index (χ0n) is 11.1. The number of nitrogens with zero attached hydrogens (tertiary/aromatic N) is 1. The van der Waals surface area contributed by atoms with Crippen LogP contribution in [0.3, 0.4) is 0 Å². The minimum Gasteiger partial charge on any atom is -0.495 e. The van der Waals surface area contributed by atoms with Crippen molar-refractivity contribution in [2.24, 2.45) is 16.9 Å². The van der Waals surface area contributed by atoms with Gasteiger partial charge in [0.2, 0.25) is 0 Å². The maximum Gasteiger partial charge on any atom is 0.142 e. The molecule has 0 spiro atoms. The lowest BCUT2D eigenvalue weighted by atomic mass is 9.78. The Balaban J connectivity index is 2.10. The lowest BCUT2D eigenvalue weighted by Crippen LogP contribution is -2.48. The van der Waals surface area contributed by atoms with E-state index in [0.29, 0.717) is 13.1 Å².